The first-order valence-electron chi connectivity index (χ1n) is 8.13. The van der Waals surface area contributed by atoms with Crippen LogP contribution in [0.15, 0.2) is 30.5 Å². The summed E-state index contributed by atoms with van der Waals surface area (Å²) in [6.07, 6.45) is 1.66. The molecular formula is C19H22FN3O2. The number of methoxy groups -OCH3 is 1. The number of aromatic nitrogens is 1. The molecule has 0 saturated heterocycles. The Bertz CT molecular complexity index is 820. The smallest absolute Gasteiger partial charge is 0.255 e. The Morgan fingerprint density at radius 2 is 2.12 bits per heavy atom. The van der Waals surface area contributed by atoms with Gasteiger partial charge in [0.25, 0.3) is 5.91 Å². The highest BCUT2D eigenvalue weighted by Gasteiger charge is 2.31. The molecular weight excluding hydrogens is 321 g/mol. The van der Waals surface area contributed by atoms with E-state index in [2.05, 4.69) is 36.1 Å². The summed E-state index contributed by atoms with van der Waals surface area (Å²) >= 11 is 0. The van der Waals surface area contributed by atoms with Gasteiger partial charge in [0, 0.05) is 24.1 Å². The van der Waals surface area contributed by atoms with Crippen molar-refractivity contribution in [2.75, 3.05) is 26.0 Å². The molecule has 2 heterocycles. The second-order valence-electron chi connectivity index (χ2n) is 7.09. The molecule has 2 aromatic rings. The highest BCUT2D eigenvalue weighted by molar-refractivity contribution is 6.04. The maximum Gasteiger partial charge on any atom is 0.255 e. The zero-order valence-corrected chi connectivity index (χ0v) is 14.9. The molecule has 0 atom stereocenters. The Labute approximate surface area is 146 Å². The summed E-state index contributed by atoms with van der Waals surface area (Å²) in [6.45, 7) is 6.04. The molecule has 1 aromatic heterocycles. The lowest BCUT2D eigenvalue weighted by Gasteiger charge is -2.37. The first kappa shape index (κ1) is 17.4. The molecule has 0 bridgehead atoms. The van der Waals surface area contributed by atoms with Crippen LogP contribution in [0.2, 0.25) is 0 Å². The number of halogens is 1. The summed E-state index contributed by atoms with van der Waals surface area (Å²) in [7, 11) is 3.45. The van der Waals surface area contributed by atoms with Crippen LogP contribution in [-0.4, -0.2) is 36.5 Å². The van der Waals surface area contributed by atoms with E-state index in [-0.39, 0.29) is 22.6 Å². The quantitative estimate of drug-likeness (QED) is 0.930. The predicted molar refractivity (Wildman–Crippen MR) is 94.5 cm³/mol. The molecule has 3 rings (SSSR count). The van der Waals surface area contributed by atoms with Crippen molar-refractivity contribution in [3.8, 4) is 5.75 Å². The minimum atomic E-state index is -0.568. The van der Waals surface area contributed by atoms with Crippen LogP contribution in [0.5, 0.6) is 5.75 Å². The van der Waals surface area contributed by atoms with Gasteiger partial charge in [0.05, 0.1) is 24.7 Å². The first-order valence-corrected chi connectivity index (χ1v) is 8.13. The van der Waals surface area contributed by atoms with Gasteiger partial charge in [0.1, 0.15) is 0 Å². The fourth-order valence-corrected chi connectivity index (χ4v) is 3.42. The Morgan fingerprint density at radius 1 is 1.36 bits per heavy atom. The van der Waals surface area contributed by atoms with Crippen molar-refractivity contribution in [2.24, 2.45) is 0 Å². The highest BCUT2D eigenvalue weighted by atomic mass is 19.1. The molecule has 1 aromatic carbocycles. The molecule has 0 unspecified atom stereocenters. The zero-order valence-electron chi connectivity index (χ0n) is 14.9. The molecule has 5 nitrogen and oxygen atoms in total. The number of likely N-dealkylation sites (N-methyl/N-ethyl adjacent to an activating group) is 1. The van der Waals surface area contributed by atoms with Crippen LogP contribution in [0.4, 0.5) is 10.1 Å². The van der Waals surface area contributed by atoms with E-state index < -0.39 is 5.82 Å². The fraction of sp³-hybridized carbons (Fsp3) is 0.368. The molecule has 0 fully saturated rings. The maximum absolute atomic E-state index is 13.8. The Morgan fingerprint density at radius 3 is 2.80 bits per heavy atom. The monoisotopic (exact) mass is 343 g/mol. The molecule has 25 heavy (non-hydrogen) atoms. The first-order chi connectivity index (χ1) is 11.8. The summed E-state index contributed by atoms with van der Waals surface area (Å²) in [6, 6.07) is 6.07. The predicted octanol–water partition coefficient (Wildman–Crippen LogP) is 3.20. The molecule has 132 valence electrons. The van der Waals surface area contributed by atoms with Crippen molar-refractivity contribution in [2.45, 2.75) is 25.8 Å². The van der Waals surface area contributed by atoms with Crippen LogP contribution < -0.4 is 10.1 Å². The minimum absolute atomic E-state index is 0.0377. The molecule has 1 aliphatic heterocycles. The standard InChI is InChI=1S/C19H22FN3O2/c1-19(2)11-23(3)10-13-7-14(9-21-17(13)19)22-18(24)12-5-6-16(25-4)15(20)8-12/h5-9H,10-11H2,1-4H3,(H,22,24). The molecule has 0 spiro atoms. The second kappa shape index (κ2) is 6.44. The van der Waals surface area contributed by atoms with Crippen LogP contribution in [0.25, 0.3) is 0 Å². The van der Waals surface area contributed by atoms with E-state index >= 15 is 0 Å². The van der Waals surface area contributed by atoms with Gasteiger partial charge in [0.15, 0.2) is 11.6 Å². The topological polar surface area (TPSA) is 54.5 Å². The maximum atomic E-state index is 13.8. The number of hydrogen-bond donors (Lipinski definition) is 1. The van der Waals surface area contributed by atoms with Gasteiger partial charge in [-0.25, -0.2) is 4.39 Å². The Hall–Kier alpha value is -2.47. The molecule has 0 saturated carbocycles. The van der Waals surface area contributed by atoms with E-state index in [4.69, 9.17) is 4.74 Å². The summed E-state index contributed by atoms with van der Waals surface area (Å²) in [5.41, 5.74) is 2.94. The van der Waals surface area contributed by atoms with Crippen molar-refractivity contribution in [1.29, 1.82) is 0 Å². The Balaban J connectivity index is 1.83. The van der Waals surface area contributed by atoms with E-state index in [0.29, 0.717) is 5.69 Å². The van der Waals surface area contributed by atoms with Crippen LogP contribution in [0.3, 0.4) is 0 Å². The molecule has 0 radical (unpaired) electrons. The van der Waals surface area contributed by atoms with Gasteiger partial charge in [-0.05, 0) is 36.9 Å². The fourth-order valence-electron chi connectivity index (χ4n) is 3.42. The van der Waals surface area contributed by atoms with Crippen molar-refractivity contribution < 1.29 is 13.9 Å². The number of nitrogens with zero attached hydrogens (tertiary/aromatic N) is 2. The summed E-state index contributed by atoms with van der Waals surface area (Å²) < 4.78 is 18.6. The van der Waals surface area contributed by atoms with Gasteiger partial charge in [-0.2, -0.15) is 0 Å². The molecule has 1 amide bonds. The van der Waals surface area contributed by atoms with E-state index in [1.54, 1.807) is 6.20 Å². The third-order valence-corrected chi connectivity index (χ3v) is 4.38. The van der Waals surface area contributed by atoms with Gasteiger partial charge in [-0.15, -0.1) is 0 Å². The average Bonchev–Trinajstić information content (AvgIpc) is 2.53. The average molecular weight is 343 g/mol. The highest BCUT2D eigenvalue weighted by Crippen LogP contribution is 2.32. The van der Waals surface area contributed by atoms with Crippen molar-refractivity contribution >= 4 is 11.6 Å². The van der Waals surface area contributed by atoms with Crippen molar-refractivity contribution in [1.82, 2.24) is 9.88 Å². The summed E-state index contributed by atoms with van der Waals surface area (Å²) in [5.74, 6) is -0.842. The Kier molecular flexibility index (Phi) is 4.47. The lowest BCUT2D eigenvalue weighted by atomic mass is 9.82. The van der Waals surface area contributed by atoms with Crippen molar-refractivity contribution in [3.05, 3.63) is 53.1 Å². The van der Waals surface area contributed by atoms with Gasteiger partial charge >= 0.3 is 0 Å². The number of nitrogens with one attached hydrogen (secondary N) is 1. The van der Waals surface area contributed by atoms with Crippen LogP contribution in [0.1, 0.15) is 35.5 Å². The number of fused-ring (bicyclic) bond motifs is 1. The number of benzene rings is 1. The summed E-state index contributed by atoms with van der Waals surface area (Å²) in [4.78, 5) is 19.2. The number of pyridine rings is 1. The summed E-state index contributed by atoms with van der Waals surface area (Å²) in [5, 5.41) is 2.79. The van der Waals surface area contributed by atoms with E-state index in [1.807, 2.05) is 6.07 Å². The van der Waals surface area contributed by atoms with Crippen LogP contribution >= 0.6 is 0 Å². The van der Waals surface area contributed by atoms with Gasteiger partial charge in [-0.1, -0.05) is 13.8 Å². The number of hydrogen-bond acceptors (Lipinski definition) is 4. The SMILES string of the molecule is COc1ccc(C(=O)Nc2cnc3c(c2)CN(C)CC3(C)C)cc1F. The number of amides is 1. The van der Waals surface area contributed by atoms with E-state index in [9.17, 15) is 9.18 Å². The molecule has 1 N–H and O–H groups in total. The van der Waals surface area contributed by atoms with Crippen LogP contribution in [0, 0.1) is 5.82 Å². The largest absolute Gasteiger partial charge is 0.494 e. The minimum Gasteiger partial charge on any atom is -0.494 e. The van der Waals surface area contributed by atoms with Crippen molar-refractivity contribution in [3.63, 3.8) is 0 Å². The van der Waals surface area contributed by atoms with E-state index in [0.717, 1.165) is 30.4 Å². The number of carbonyl (C=O) groups excluding carboxylic acids is 1. The third kappa shape index (κ3) is 3.49. The van der Waals surface area contributed by atoms with Gasteiger partial charge in [0.2, 0.25) is 0 Å². The van der Waals surface area contributed by atoms with Gasteiger partial charge in [-0.3, -0.25) is 9.78 Å². The zero-order chi connectivity index (χ0) is 18.2. The number of anilines is 1. The molecule has 1 aliphatic rings. The second-order valence-corrected chi connectivity index (χ2v) is 7.09. The van der Waals surface area contributed by atoms with Gasteiger partial charge < -0.3 is 15.0 Å². The van der Waals surface area contributed by atoms with E-state index in [1.165, 1.54) is 19.2 Å². The molecule has 0 aliphatic carbocycles. The lowest BCUT2D eigenvalue weighted by Crippen LogP contribution is -2.40. The molecule has 6 heteroatoms. The third-order valence-electron chi connectivity index (χ3n) is 4.38. The number of carbonyl (C=O) groups is 1. The van der Waals surface area contributed by atoms with Crippen LogP contribution in [-0.2, 0) is 12.0 Å². The normalized spacial score (nSPS) is 16.2. The number of ether oxygens (including phenoxy) is 1. The number of rotatable bonds is 3. The lowest BCUT2D eigenvalue weighted by molar-refractivity contribution is 0.102.